The highest BCUT2D eigenvalue weighted by atomic mass is 16.3. The predicted molar refractivity (Wildman–Crippen MR) is 105 cm³/mol. The molecule has 1 heterocycles. The van der Waals surface area contributed by atoms with E-state index >= 15 is 0 Å². The number of nitrogens with one attached hydrogen (secondary N) is 2. The molecule has 4 nitrogen and oxygen atoms in total. The molecule has 0 bridgehead atoms. The molecule has 0 aliphatic rings. The van der Waals surface area contributed by atoms with Crippen LogP contribution >= 0.6 is 0 Å². The second-order valence-electron chi connectivity index (χ2n) is 6.99. The zero-order valence-corrected chi connectivity index (χ0v) is 15.5. The van der Waals surface area contributed by atoms with Crippen molar-refractivity contribution >= 4 is 16.9 Å². The first-order chi connectivity index (χ1) is 12.5. The van der Waals surface area contributed by atoms with Crippen molar-refractivity contribution in [3.8, 4) is 0 Å². The van der Waals surface area contributed by atoms with Crippen LogP contribution in [0, 0.1) is 5.92 Å². The molecule has 0 fully saturated rings. The van der Waals surface area contributed by atoms with Crippen molar-refractivity contribution in [2.75, 3.05) is 6.54 Å². The van der Waals surface area contributed by atoms with Gasteiger partial charge in [0.05, 0.1) is 12.6 Å². The fourth-order valence-electron chi connectivity index (χ4n) is 3.18. The van der Waals surface area contributed by atoms with E-state index in [9.17, 15) is 4.79 Å². The fraction of sp³-hybridized carbons (Fsp3) is 0.318. The predicted octanol–water partition coefficient (Wildman–Crippen LogP) is 4.60. The smallest absolute Gasteiger partial charge is 0.234 e. The monoisotopic (exact) mass is 350 g/mol. The van der Waals surface area contributed by atoms with E-state index in [1.165, 1.54) is 5.56 Å². The van der Waals surface area contributed by atoms with Crippen LogP contribution < -0.4 is 10.6 Å². The van der Waals surface area contributed by atoms with Gasteiger partial charge in [0.2, 0.25) is 5.91 Å². The van der Waals surface area contributed by atoms with Crippen molar-refractivity contribution in [2.24, 2.45) is 5.92 Å². The lowest BCUT2D eigenvalue weighted by molar-refractivity contribution is -0.121. The molecule has 1 amide bonds. The standard InChI is InChI=1S/C22H26N2O2/c1-15(2)22(17-9-5-4-6-10-17)23-14-21(25)24-16(3)20-13-18-11-7-8-12-19(18)26-20/h4-13,15-16,22-23H,14H2,1-3H3,(H,24,25)/t16-,22+/m1/s1. The van der Waals surface area contributed by atoms with Crippen molar-refractivity contribution < 1.29 is 9.21 Å². The van der Waals surface area contributed by atoms with Crippen molar-refractivity contribution in [1.82, 2.24) is 10.6 Å². The zero-order chi connectivity index (χ0) is 18.5. The van der Waals surface area contributed by atoms with Crippen LogP contribution in [0.2, 0.25) is 0 Å². The van der Waals surface area contributed by atoms with E-state index in [1.807, 2.05) is 55.5 Å². The molecular formula is C22H26N2O2. The molecular weight excluding hydrogens is 324 g/mol. The van der Waals surface area contributed by atoms with Gasteiger partial charge in [-0.15, -0.1) is 0 Å². The third-order valence-corrected chi connectivity index (χ3v) is 4.56. The summed E-state index contributed by atoms with van der Waals surface area (Å²) >= 11 is 0. The minimum absolute atomic E-state index is 0.0421. The summed E-state index contributed by atoms with van der Waals surface area (Å²) in [6.07, 6.45) is 0. The van der Waals surface area contributed by atoms with Gasteiger partial charge in [-0.3, -0.25) is 4.79 Å². The Kier molecular flexibility index (Phi) is 5.74. The maximum Gasteiger partial charge on any atom is 0.234 e. The molecule has 3 aromatic rings. The third kappa shape index (κ3) is 4.33. The number of para-hydroxylation sites is 1. The van der Waals surface area contributed by atoms with E-state index in [2.05, 4.69) is 36.6 Å². The summed E-state index contributed by atoms with van der Waals surface area (Å²) in [5, 5.41) is 7.43. The Labute approximate surface area is 154 Å². The fourth-order valence-corrected chi connectivity index (χ4v) is 3.18. The number of hydrogen-bond donors (Lipinski definition) is 2. The van der Waals surface area contributed by atoms with E-state index in [1.54, 1.807) is 0 Å². The highest BCUT2D eigenvalue weighted by Crippen LogP contribution is 2.24. The number of carbonyl (C=O) groups is 1. The number of fused-ring (bicyclic) bond motifs is 1. The van der Waals surface area contributed by atoms with E-state index < -0.39 is 0 Å². The molecule has 0 radical (unpaired) electrons. The second-order valence-corrected chi connectivity index (χ2v) is 6.99. The van der Waals surface area contributed by atoms with Gasteiger partial charge in [-0.2, -0.15) is 0 Å². The normalized spacial score (nSPS) is 13.7. The van der Waals surface area contributed by atoms with Crippen LogP contribution in [-0.4, -0.2) is 12.5 Å². The first kappa shape index (κ1) is 18.2. The maximum atomic E-state index is 12.4. The first-order valence-electron chi connectivity index (χ1n) is 9.10. The molecule has 4 heteroatoms. The van der Waals surface area contributed by atoms with Crippen molar-refractivity contribution in [1.29, 1.82) is 0 Å². The van der Waals surface area contributed by atoms with Crippen LogP contribution in [0.3, 0.4) is 0 Å². The van der Waals surface area contributed by atoms with E-state index in [4.69, 9.17) is 4.42 Å². The highest BCUT2D eigenvalue weighted by molar-refractivity contribution is 5.80. The number of carbonyl (C=O) groups excluding carboxylic acids is 1. The van der Waals surface area contributed by atoms with Crippen LogP contribution in [0.5, 0.6) is 0 Å². The maximum absolute atomic E-state index is 12.4. The number of furan rings is 1. The summed E-state index contributed by atoms with van der Waals surface area (Å²) in [7, 11) is 0. The van der Waals surface area contributed by atoms with E-state index in [0.29, 0.717) is 5.92 Å². The molecule has 0 spiro atoms. The van der Waals surface area contributed by atoms with Crippen LogP contribution in [-0.2, 0) is 4.79 Å². The summed E-state index contributed by atoms with van der Waals surface area (Å²) in [6, 6.07) is 20.0. The lowest BCUT2D eigenvalue weighted by Crippen LogP contribution is -2.38. The van der Waals surface area contributed by atoms with Gasteiger partial charge in [0.1, 0.15) is 11.3 Å². The molecule has 26 heavy (non-hydrogen) atoms. The minimum atomic E-state index is -0.175. The minimum Gasteiger partial charge on any atom is -0.459 e. The number of hydrogen-bond acceptors (Lipinski definition) is 3. The van der Waals surface area contributed by atoms with Crippen molar-refractivity contribution in [3.05, 3.63) is 72.0 Å². The third-order valence-electron chi connectivity index (χ3n) is 4.56. The average molecular weight is 350 g/mol. The van der Waals surface area contributed by atoms with Gasteiger partial charge in [0.25, 0.3) is 0 Å². The summed E-state index contributed by atoms with van der Waals surface area (Å²) in [5.41, 5.74) is 2.03. The molecule has 2 N–H and O–H groups in total. The van der Waals surface area contributed by atoms with Gasteiger partial charge >= 0.3 is 0 Å². The van der Waals surface area contributed by atoms with Crippen molar-refractivity contribution in [3.63, 3.8) is 0 Å². The molecule has 0 unspecified atom stereocenters. The van der Waals surface area contributed by atoms with E-state index in [-0.39, 0.29) is 24.5 Å². The van der Waals surface area contributed by atoms with Crippen LogP contribution in [0.25, 0.3) is 11.0 Å². The zero-order valence-electron chi connectivity index (χ0n) is 15.5. The van der Waals surface area contributed by atoms with Crippen LogP contribution in [0.4, 0.5) is 0 Å². The summed E-state index contributed by atoms with van der Waals surface area (Å²) < 4.78 is 5.83. The summed E-state index contributed by atoms with van der Waals surface area (Å²) in [6.45, 7) is 6.51. The molecule has 0 aliphatic carbocycles. The van der Waals surface area contributed by atoms with Gasteiger partial charge in [-0.05, 0) is 30.5 Å². The summed E-state index contributed by atoms with van der Waals surface area (Å²) in [5.74, 6) is 1.11. The van der Waals surface area contributed by atoms with Gasteiger partial charge in [0.15, 0.2) is 0 Å². The van der Waals surface area contributed by atoms with Crippen LogP contribution in [0.1, 0.15) is 44.2 Å². The number of rotatable bonds is 7. The van der Waals surface area contributed by atoms with Crippen molar-refractivity contribution in [2.45, 2.75) is 32.9 Å². The Morgan fingerprint density at radius 3 is 2.38 bits per heavy atom. The Morgan fingerprint density at radius 1 is 1.00 bits per heavy atom. The number of benzene rings is 2. The van der Waals surface area contributed by atoms with Gasteiger partial charge in [0, 0.05) is 11.4 Å². The van der Waals surface area contributed by atoms with E-state index in [0.717, 1.165) is 16.7 Å². The SMILES string of the molecule is CC(C)[C@H](NCC(=O)N[C@H](C)c1cc2ccccc2o1)c1ccccc1. The largest absolute Gasteiger partial charge is 0.459 e. The molecule has 0 saturated heterocycles. The van der Waals surface area contributed by atoms with Gasteiger partial charge in [-0.25, -0.2) is 0 Å². The summed E-state index contributed by atoms with van der Waals surface area (Å²) in [4.78, 5) is 12.4. The molecule has 136 valence electrons. The Hall–Kier alpha value is -2.59. The average Bonchev–Trinajstić information content (AvgIpc) is 3.07. The molecule has 0 aliphatic heterocycles. The molecule has 1 aromatic heterocycles. The molecule has 2 atom stereocenters. The topological polar surface area (TPSA) is 54.3 Å². The lowest BCUT2D eigenvalue weighted by Gasteiger charge is -2.23. The van der Waals surface area contributed by atoms with Crippen LogP contribution in [0.15, 0.2) is 65.1 Å². The Bertz CT molecular complexity index is 822. The highest BCUT2D eigenvalue weighted by Gasteiger charge is 2.18. The quantitative estimate of drug-likeness (QED) is 0.655. The number of amides is 1. The lowest BCUT2D eigenvalue weighted by atomic mass is 9.96. The molecule has 0 saturated carbocycles. The first-order valence-corrected chi connectivity index (χ1v) is 9.10. The van der Waals surface area contributed by atoms with Gasteiger partial charge < -0.3 is 15.1 Å². The Balaban J connectivity index is 1.59. The Morgan fingerprint density at radius 2 is 1.69 bits per heavy atom. The molecule has 3 rings (SSSR count). The second kappa shape index (κ2) is 8.19. The molecule has 2 aromatic carbocycles. The van der Waals surface area contributed by atoms with Gasteiger partial charge in [-0.1, -0.05) is 62.4 Å².